The molecule has 0 spiro atoms. The minimum Gasteiger partial charge on any atom is -0.410 e. The normalized spacial score (nSPS) is 13.0. The Labute approximate surface area is 102 Å². The average molecular weight is 235 g/mol. The maximum Gasteiger partial charge on any atom is 0.152 e. The highest BCUT2D eigenvalue weighted by Gasteiger charge is 2.10. The van der Waals surface area contributed by atoms with E-state index in [-0.39, 0.29) is 0 Å². The molecule has 3 aromatic heterocycles. The molecule has 0 saturated carbocycles. The van der Waals surface area contributed by atoms with E-state index in [2.05, 4.69) is 10.1 Å². The van der Waals surface area contributed by atoms with Crippen molar-refractivity contribution in [3.8, 4) is 0 Å². The molecule has 0 aliphatic rings. The van der Waals surface area contributed by atoms with Gasteiger partial charge in [0.05, 0.1) is 11.0 Å². The molecule has 0 aliphatic carbocycles. The summed E-state index contributed by atoms with van der Waals surface area (Å²) < 4.78 is 2.02. The molecule has 86 valence electrons. The Hall–Kier alpha value is -2.62. The summed E-state index contributed by atoms with van der Waals surface area (Å²) in [6.45, 7) is 0. The summed E-state index contributed by atoms with van der Waals surface area (Å²) in [5.74, 6) is 0. The lowest BCUT2D eigenvalue weighted by molar-refractivity contribution is 0.303. The van der Waals surface area contributed by atoms with Gasteiger partial charge in [-0.25, -0.2) is 0 Å². The van der Waals surface area contributed by atoms with Crippen molar-refractivity contribution in [2.75, 3.05) is 0 Å². The molecule has 0 radical (unpaired) electrons. The van der Waals surface area contributed by atoms with Gasteiger partial charge in [-0.2, -0.15) is 0 Å². The Balaban J connectivity index is 2.55. The van der Waals surface area contributed by atoms with Gasteiger partial charge in [-0.15, -0.1) is 0 Å². The Morgan fingerprint density at radius 3 is 2.83 bits per heavy atom. The van der Waals surface area contributed by atoms with Crippen molar-refractivity contribution in [1.29, 1.82) is 0 Å². The van der Waals surface area contributed by atoms with Crippen LogP contribution < -0.4 is 5.36 Å². The zero-order valence-corrected chi connectivity index (χ0v) is 9.41. The second-order valence-electron chi connectivity index (χ2n) is 4.25. The first-order valence-corrected chi connectivity index (χ1v) is 5.68. The van der Waals surface area contributed by atoms with Crippen molar-refractivity contribution in [2.45, 2.75) is 0 Å². The summed E-state index contributed by atoms with van der Waals surface area (Å²) in [6, 6.07) is 11.9. The molecule has 0 fully saturated rings. The number of pyridine rings is 2. The van der Waals surface area contributed by atoms with Crippen LogP contribution in [0.5, 0.6) is 0 Å². The van der Waals surface area contributed by atoms with E-state index in [9.17, 15) is 5.21 Å². The maximum atomic E-state index is 9.27. The summed E-state index contributed by atoms with van der Waals surface area (Å²) in [5, 5.41) is 15.3. The third kappa shape index (κ3) is 0.996. The molecule has 0 aliphatic heterocycles. The first-order chi connectivity index (χ1) is 8.90. The smallest absolute Gasteiger partial charge is 0.152 e. The number of hydrogen-bond donors (Lipinski definition) is 1. The van der Waals surface area contributed by atoms with Gasteiger partial charge in [0.25, 0.3) is 0 Å². The Bertz CT molecular complexity index is 935. The monoisotopic (exact) mass is 235 g/mol. The average Bonchev–Trinajstić information content (AvgIpc) is 2.89. The van der Waals surface area contributed by atoms with E-state index in [0.717, 1.165) is 27.3 Å². The van der Waals surface area contributed by atoms with Gasteiger partial charge in [0, 0.05) is 17.8 Å². The first-order valence-electron chi connectivity index (χ1n) is 5.68. The van der Waals surface area contributed by atoms with Crippen molar-refractivity contribution >= 4 is 27.3 Å². The molecule has 1 aromatic carbocycles. The standard InChI is InChI=1S/C14H9N3O/c18-16-13-11-5-2-8-17(11)10-4-1-3-9-6-7-15-14(13)12(9)10/h1-8,18H. The quantitative estimate of drug-likeness (QED) is 0.376. The summed E-state index contributed by atoms with van der Waals surface area (Å²) in [4.78, 5) is 4.36. The maximum absolute atomic E-state index is 9.27. The van der Waals surface area contributed by atoms with Crippen molar-refractivity contribution in [2.24, 2.45) is 5.16 Å². The van der Waals surface area contributed by atoms with Gasteiger partial charge >= 0.3 is 0 Å². The van der Waals surface area contributed by atoms with Crippen LogP contribution in [0.1, 0.15) is 0 Å². The lowest BCUT2D eigenvalue weighted by Gasteiger charge is -2.07. The van der Waals surface area contributed by atoms with Crippen LogP contribution in [0.15, 0.2) is 53.9 Å². The van der Waals surface area contributed by atoms with Crippen LogP contribution in [-0.2, 0) is 0 Å². The second kappa shape index (κ2) is 3.20. The van der Waals surface area contributed by atoms with Gasteiger partial charge in [0.2, 0.25) is 0 Å². The molecule has 4 heteroatoms. The second-order valence-corrected chi connectivity index (χ2v) is 4.25. The zero-order valence-electron chi connectivity index (χ0n) is 9.41. The van der Waals surface area contributed by atoms with Crippen LogP contribution in [-0.4, -0.2) is 14.6 Å². The third-order valence-corrected chi connectivity index (χ3v) is 3.34. The molecular formula is C14H9N3O. The minimum atomic E-state index is 0.518. The van der Waals surface area contributed by atoms with Crippen LogP contribution >= 0.6 is 0 Å². The zero-order chi connectivity index (χ0) is 12.1. The molecule has 4 aromatic rings. The summed E-state index contributed by atoms with van der Waals surface area (Å²) in [7, 11) is 0. The largest absolute Gasteiger partial charge is 0.410 e. The van der Waals surface area contributed by atoms with Crippen molar-refractivity contribution in [1.82, 2.24) is 9.38 Å². The van der Waals surface area contributed by atoms with Gasteiger partial charge in [-0.05, 0) is 29.7 Å². The fourth-order valence-electron chi connectivity index (χ4n) is 2.60. The van der Waals surface area contributed by atoms with E-state index in [1.54, 1.807) is 6.20 Å². The highest BCUT2D eigenvalue weighted by molar-refractivity contribution is 6.08. The first kappa shape index (κ1) is 9.41. The molecule has 0 saturated heterocycles. The van der Waals surface area contributed by atoms with Crippen LogP contribution in [0.4, 0.5) is 0 Å². The minimum absolute atomic E-state index is 0.518. The highest BCUT2D eigenvalue weighted by atomic mass is 16.4. The molecule has 0 unspecified atom stereocenters. The number of fused-ring (bicyclic) bond motifs is 2. The Morgan fingerprint density at radius 2 is 1.94 bits per heavy atom. The predicted octanol–water partition coefficient (Wildman–Crippen LogP) is 2.37. The van der Waals surface area contributed by atoms with Crippen LogP contribution in [0.2, 0.25) is 0 Å². The van der Waals surface area contributed by atoms with Gasteiger partial charge in [-0.1, -0.05) is 17.3 Å². The van der Waals surface area contributed by atoms with E-state index < -0.39 is 0 Å². The van der Waals surface area contributed by atoms with E-state index in [1.807, 2.05) is 47.0 Å². The van der Waals surface area contributed by atoms with Gasteiger partial charge < -0.3 is 9.61 Å². The van der Waals surface area contributed by atoms with E-state index in [1.165, 1.54) is 0 Å². The summed E-state index contributed by atoms with van der Waals surface area (Å²) >= 11 is 0. The highest BCUT2D eigenvalue weighted by Crippen LogP contribution is 2.24. The van der Waals surface area contributed by atoms with E-state index in [4.69, 9.17) is 0 Å². The molecule has 0 atom stereocenters. The Morgan fingerprint density at radius 1 is 1.06 bits per heavy atom. The molecule has 0 amide bonds. The fraction of sp³-hybridized carbons (Fsp3) is 0. The van der Waals surface area contributed by atoms with Crippen LogP contribution in [0, 0.1) is 0 Å². The van der Waals surface area contributed by atoms with Gasteiger partial charge in [-0.3, -0.25) is 4.98 Å². The number of benzene rings is 1. The van der Waals surface area contributed by atoms with Crippen LogP contribution in [0.3, 0.4) is 0 Å². The number of rotatable bonds is 0. The van der Waals surface area contributed by atoms with E-state index >= 15 is 0 Å². The van der Waals surface area contributed by atoms with Crippen molar-refractivity contribution in [3.05, 3.63) is 54.1 Å². The molecule has 4 nitrogen and oxygen atoms in total. The molecule has 0 bridgehead atoms. The fourth-order valence-corrected chi connectivity index (χ4v) is 2.60. The van der Waals surface area contributed by atoms with Crippen molar-refractivity contribution in [3.63, 3.8) is 0 Å². The third-order valence-electron chi connectivity index (χ3n) is 3.34. The number of hydrogen-bond acceptors (Lipinski definition) is 3. The van der Waals surface area contributed by atoms with Crippen molar-refractivity contribution < 1.29 is 5.21 Å². The number of nitrogens with zero attached hydrogens (tertiary/aromatic N) is 3. The van der Waals surface area contributed by atoms with E-state index in [0.29, 0.717) is 5.36 Å². The van der Waals surface area contributed by atoms with Gasteiger partial charge in [0.1, 0.15) is 5.52 Å². The topological polar surface area (TPSA) is 49.9 Å². The molecule has 18 heavy (non-hydrogen) atoms. The lowest BCUT2D eigenvalue weighted by Crippen LogP contribution is -2.10. The SMILES string of the molecule is ON=c1c2nccc3cccc(c32)n2cccc12. The molecule has 4 rings (SSSR count). The number of aromatic nitrogens is 2. The summed E-state index contributed by atoms with van der Waals surface area (Å²) in [6.07, 6.45) is 3.70. The predicted molar refractivity (Wildman–Crippen MR) is 68.7 cm³/mol. The Kier molecular flexibility index (Phi) is 1.67. The van der Waals surface area contributed by atoms with Gasteiger partial charge in [0.15, 0.2) is 5.36 Å². The molecule has 3 heterocycles. The molecule has 1 N–H and O–H groups in total. The van der Waals surface area contributed by atoms with Crippen LogP contribution in [0.25, 0.3) is 27.3 Å². The molecular weight excluding hydrogens is 226 g/mol. The lowest BCUT2D eigenvalue weighted by atomic mass is 10.1. The summed E-state index contributed by atoms with van der Waals surface area (Å²) in [5.41, 5.74) is 2.66.